The highest BCUT2D eigenvalue weighted by Gasteiger charge is 2.17. The van der Waals surface area contributed by atoms with E-state index < -0.39 is 0 Å². The summed E-state index contributed by atoms with van der Waals surface area (Å²) in [6.07, 6.45) is 0.701. The maximum absolute atomic E-state index is 12.3. The third-order valence-electron chi connectivity index (χ3n) is 4.42. The largest absolute Gasteiger partial charge is 0.497 e. The van der Waals surface area contributed by atoms with Gasteiger partial charge in [0.2, 0.25) is 11.8 Å². The Labute approximate surface area is 155 Å². The van der Waals surface area contributed by atoms with Crippen molar-refractivity contribution in [3.05, 3.63) is 59.2 Å². The average molecular weight is 354 g/mol. The Balaban J connectivity index is 1.95. The molecule has 0 saturated carbocycles. The zero-order valence-electron chi connectivity index (χ0n) is 15.8. The molecule has 0 fully saturated rings. The second-order valence-electron chi connectivity index (χ2n) is 6.28. The van der Waals surface area contributed by atoms with Crippen LogP contribution in [0, 0.1) is 13.8 Å². The van der Waals surface area contributed by atoms with Gasteiger partial charge in [0.1, 0.15) is 12.3 Å². The monoisotopic (exact) mass is 354 g/mol. The van der Waals surface area contributed by atoms with E-state index in [2.05, 4.69) is 5.32 Å². The van der Waals surface area contributed by atoms with Gasteiger partial charge in [-0.2, -0.15) is 0 Å². The van der Waals surface area contributed by atoms with Crippen LogP contribution in [0.3, 0.4) is 0 Å². The van der Waals surface area contributed by atoms with Crippen LogP contribution < -0.4 is 15.0 Å². The van der Waals surface area contributed by atoms with Crippen LogP contribution in [0.2, 0.25) is 0 Å². The van der Waals surface area contributed by atoms with Gasteiger partial charge in [-0.05, 0) is 55.2 Å². The maximum atomic E-state index is 12.3. The Morgan fingerprint density at radius 2 is 1.85 bits per heavy atom. The van der Waals surface area contributed by atoms with Gasteiger partial charge in [-0.1, -0.05) is 24.3 Å². The van der Waals surface area contributed by atoms with E-state index in [0.717, 1.165) is 28.1 Å². The summed E-state index contributed by atoms with van der Waals surface area (Å²) in [5.74, 6) is 0.470. The maximum Gasteiger partial charge on any atom is 0.240 e. The Kier molecular flexibility index (Phi) is 6.78. The van der Waals surface area contributed by atoms with Crippen molar-refractivity contribution in [3.63, 3.8) is 0 Å². The van der Waals surface area contributed by atoms with E-state index in [0.29, 0.717) is 13.0 Å². The van der Waals surface area contributed by atoms with Gasteiger partial charge in [-0.25, -0.2) is 0 Å². The molecular weight excluding hydrogens is 328 g/mol. The lowest BCUT2D eigenvalue weighted by atomic mass is 10.1. The number of carbonyl (C=O) groups excluding carboxylic acids is 2. The van der Waals surface area contributed by atoms with E-state index in [1.54, 1.807) is 7.11 Å². The molecule has 2 aromatic carbocycles. The third-order valence-corrected chi connectivity index (χ3v) is 4.42. The number of amides is 2. The first-order valence-electron chi connectivity index (χ1n) is 8.66. The van der Waals surface area contributed by atoms with E-state index in [1.165, 1.54) is 11.8 Å². The fourth-order valence-electron chi connectivity index (χ4n) is 2.77. The van der Waals surface area contributed by atoms with Crippen LogP contribution in [0.1, 0.15) is 23.6 Å². The van der Waals surface area contributed by atoms with Gasteiger partial charge < -0.3 is 15.0 Å². The molecule has 0 aliphatic rings. The molecule has 138 valence electrons. The van der Waals surface area contributed by atoms with Crippen LogP contribution in [0.5, 0.6) is 5.75 Å². The van der Waals surface area contributed by atoms with Gasteiger partial charge in [-0.15, -0.1) is 0 Å². The predicted molar refractivity (Wildman–Crippen MR) is 104 cm³/mol. The molecule has 1 N–H and O–H groups in total. The second kappa shape index (κ2) is 9.04. The van der Waals surface area contributed by atoms with Crippen molar-refractivity contribution in [2.75, 3.05) is 25.1 Å². The molecule has 0 spiro atoms. The number of benzene rings is 2. The first-order valence-corrected chi connectivity index (χ1v) is 8.66. The van der Waals surface area contributed by atoms with Crippen molar-refractivity contribution >= 4 is 17.5 Å². The quantitative estimate of drug-likeness (QED) is 0.831. The molecule has 26 heavy (non-hydrogen) atoms. The number of carbonyl (C=O) groups is 2. The molecule has 0 heterocycles. The van der Waals surface area contributed by atoms with Crippen molar-refractivity contribution in [2.24, 2.45) is 0 Å². The van der Waals surface area contributed by atoms with Gasteiger partial charge in [-0.3, -0.25) is 9.59 Å². The number of aryl methyl sites for hydroxylation is 1. The van der Waals surface area contributed by atoms with Crippen molar-refractivity contribution in [1.82, 2.24) is 5.32 Å². The van der Waals surface area contributed by atoms with Gasteiger partial charge in [0, 0.05) is 19.2 Å². The Morgan fingerprint density at radius 1 is 1.12 bits per heavy atom. The number of methoxy groups -OCH3 is 1. The number of ether oxygens (including phenoxy) is 1. The predicted octanol–water partition coefficient (Wildman–Crippen LogP) is 3.02. The highest BCUT2D eigenvalue weighted by Crippen LogP contribution is 2.22. The van der Waals surface area contributed by atoms with E-state index in [1.807, 2.05) is 56.3 Å². The summed E-state index contributed by atoms with van der Waals surface area (Å²) in [7, 11) is 1.63. The Hall–Kier alpha value is -2.82. The van der Waals surface area contributed by atoms with Gasteiger partial charge in [0.05, 0.1) is 7.11 Å². The molecule has 2 aromatic rings. The smallest absolute Gasteiger partial charge is 0.240 e. The van der Waals surface area contributed by atoms with Crippen LogP contribution in [0.15, 0.2) is 42.5 Å². The Morgan fingerprint density at radius 3 is 2.54 bits per heavy atom. The molecule has 0 radical (unpaired) electrons. The molecule has 2 rings (SSSR count). The van der Waals surface area contributed by atoms with Crippen molar-refractivity contribution < 1.29 is 14.3 Å². The average Bonchev–Trinajstić information content (AvgIpc) is 2.62. The normalized spacial score (nSPS) is 10.3. The van der Waals surface area contributed by atoms with Gasteiger partial charge in [0.25, 0.3) is 0 Å². The van der Waals surface area contributed by atoms with Crippen molar-refractivity contribution in [1.29, 1.82) is 0 Å². The van der Waals surface area contributed by atoms with Crippen molar-refractivity contribution in [3.8, 4) is 5.75 Å². The van der Waals surface area contributed by atoms with Gasteiger partial charge in [0.15, 0.2) is 0 Å². The van der Waals surface area contributed by atoms with E-state index >= 15 is 0 Å². The summed E-state index contributed by atoms with van der Waals surface area (Å²) in [5, 5.41) is 2.88. The summed E-state index contributed by atoms with van der Waals surface area (Å²) in [6, 6.07) is 13.5. The zero-order valence-corrected chi connectivity index (χ0v) is 15.8. The minimum atomic E-state index is -0.177. The number of hydrogen-bond acceptors (Lipinski definition) is 3. The summed E-state index contributed by atoms with van der Waals surface area (Å²) in [4.78, 5) is 25.9. The topological polar surface area (TPSA) is 58.6 Å². The molecule has 0 aromatic heterocycles. The third kappa shape index (κ3) is 5.09. The number of anilines is 1. The summed E-state index contributed by atoms with van der Waals surface area (Å²) in [6.45, 7) is 5.94. The second-order valence-corrected chi connectivity index (χ2v) is 6.28. The Bertz CT molecular complexity index is 787. The lowest BCUT2D eigenvalue weighted by Gasteiger charge is -2.23. The molecule has 0 saturated heterocycles. The van der Waals surface area contributed by atoms with E-state index in [9.17, 15) is 9.59 Å². The summed E-state index contributed by atoms with van der Waals surface area (Å²) < 4.78 is 5.20. The molecule has 0 unspecified atom stereocenters. The molecule has 5 heteroatoms. The van der Waals surface area contributed by atoms with Crippen molar-refractivity contribution in [2.45, 2.75) is 27.2 Å². The first kappa shape index (κ1) is 19.5. The molecule has 5 nitrogen and oxygen atoms in total. The summed E-state index contributed by atoms with van der Waals surface area (Å²) in [5.41, 5.74) is 3.96. The van der Waals surface area contributed by atoms with Gasteiger partial charge >= 0.3 is 0 Å². The minimum absolute atomic E-state index is 0.0116. The standard InChI is InChI=1S/C21H26N2O3/c1-15-7-5-10-20(16(15)2)23(17(3)24)14-21(25)22-12-11-18-8-6-9-19(13-18)26-4/h5-10,13H,11-12,14H2,1-4H3,(H,22,25). The van der Waals surface area contributed by atoms with Crippen LogP contribution in [0.25, 0.3) is 0 Å². The van der Waals surface area contributed by atoms with Crippen LogP contribution in [-0.2, 0) is 16.0 Å². The number of nitrogens with one attached hydrogen (secondary N) is 1. The SMILES string of the molecule is COc1cccc(CCNC(=O)CN(C(C)=O)c2cccc(C)c2C)c1. The molecule has 0 aliphatic heterocycles. The molecular formula is C21H26N2O3. The van der Waals surface area contributed by atoms with Crippen LogP contribution in [-0.4, -0.2) is 32.0 Å². The summed E-state index contributed by atoms with van der Waals surface area (Å²) >= 11 is 0. The zero-order chi connectivity index (χ0) is 19.1. The van der Waals surface area contributed by atoms with E-state index in [-0.39, 0.29) is 18.4 Å². The number of rotatable bonds is 7. The first-order chi connectivity index (χ1) is 12.4. The number of hydrogen-bond donors (Lipinski definition) is 1. The molecule has 0 aliphatic carbocycles. The van der Waals surface area contributed by atoms with Crippen LogP contribution >= 0.6 is 0 Å². The minimum Gasteiger partial charge on any atom is -0.497 e. The fraction of sp³-hybridized carbons (Fsp3) is 0.333. The fourth-order valence-corrected chi connectivity index (χ4v) is 2.77. The lowest BCUT2D eigenvalue weighted by Crippen LogP contribution is -2.40. The highest BCUT2D eigenvalue weighted by molar-refractivity contribution is 5.98. The van der Waals surface area contributed by atoms with Crippen LogP contribution in [0.4, 0.5) is 5.69 Å². The highest BCUT2D eigenvalue weighted by atomic mass is 16.5. The lowest BCUT2D eigenvalue weighted by molar-refractivity contribution is -0.123. The molecule has 0 atom stereocenters. The van der Waals surface area contributed by atoms with E-state index in [4.69, 9.17) is 4.74 Å². The molecule has 2 amide bonds. The number of nitrogens with zero attached hydrogens (tertiary/aromatic N) is 1. The molecule has 0 bridgehead atoms.